The number of carbonyl (C=O) groups is 2. The third kappa shape index (κ3) is 4.11. The van der Waals surface area contributed by atoms with E-state index >= 15 is 0 Å². The minimum Gasteiger partial charge on any atom is -0.447 e. The fraction of sp³-hybridized carbons (Fsp3) is 0.273. The number of benzene rings is 2. The van der Waals surface area contributed by atoms with Crippen LogP contribution in [0.25, 0.3) is 11.5 Å². The van der Waals surface area contributed by atoms with Crippen molar-refractivity contribution >= 4 is 23.4 Å². The van der Waals surface area contributed by atoms with Crippen LogP contribution in [0.4, 0.5) is 20.6 Å². The molecule has 2 amide bonds. The molecule has 1 aromatic heterocycles. The van der Waals surface area contributed by atoms with Crippen molar-refractivity contribution in [2.24, 2.45) is 0 Å². The molecule has 4 rings (SSSR count). The van der Waals surface area contributed by atoms with E-state index < -0.39 is 17.8 Å². The zero-order valence-electron chi connectivity index (χ0n) is 17.3. The van der Waals surface area contributed by atoms with Crippen LogP contribution < -0.4 is 10.2 Å². The van der Waals surface area contributed by atoms with Gasteiger partial charge in [0, 0.05) is 11.1 Å². The third-order valence-electron chi connectivity index (χ3n) is 4.77. The van der Waals surface area contributed by atoms with Crippen molar-refractivity contribution in [2.75, 3.05) is 23.4 Å². The standard InChI is InChI=1S/C22H21FN4O4/c1-22(2,3)20-25-19(31-26-20)15-7-5-4-6-14(15)18(28)24-17-12-13(8-9-16(17)23)27-10-11-30-21(27)29/h4-9,12H,10-11H2,1-3H3,(H,24,28). The van der Waals surface area contributed by atoms with Crippen LogP contribution in [-0.4, -0.2) is 35.3 Å². The molecule has 2 heterocycles. The number of aromatic nitrogens is 2. The van der Waals surface area contributed by atoms with E-state index in [-0.39, 0.29) is 29.2 Å². The lowest BCUT2D eigenvalue weighted by Crippen LogP contribution is -2.23. The van der Waals surface area contributed by atoms with Crippen LogP contribution in [0.5, 0.6) is 0 Å². The van der Waals surface area contributed by atoms with Gasteiger partial charge in [0.05, 0.1) is 23.4 Å². The molecule has 31 heavy (non-hydrogen) atoms. The summed E-state index contributed by atoms with van der Waals surface area (Å²) in [5, 5.41) is 6.57. The summed E-state index contributed by atoms with van der Waals surface area (Å²) < 4.78 is 24.7. The van der Waals surface area contributed by atoms with Gasteiger partial charge in [0.2, 0.25) is 0 Å². The van der Waals surface area contributed by atoms with E-state index in [1.54, 1.807) is 24.3 Å². The van der Waals surface area contributed by atoms with E-state index in [9.17, 15) is 14.0 Å². The molecule has 160 valence electrons. The van der Waals surface area contributed by atoms with Crippen molar-refractivity contribution in [3.05, 3.63) is 59.7 Å². The fourth-order valence-corrected chi connectivity index (χ4v) is 3.10. The minimum atomic E-state index is -0.630. The number of hydrogen-bond acceptors (Lipinski definition) is 6. The van der Waals surface area contributed by atoms with E-state index in [1.807, 2.05) is 20.8 Å². The topological polar surface area (TPSA) is 97.6 Å². The molecular weight excluding hydrogens is 403 g/mol. The van der Waals surface area contributed by atoms with E-state index in [2.05, 4.69) is 15.5 Å². The number of hydrogen-bond donors (Lipinski definition) is 1. The summed E-state index contributed by atoms with van der Waals surface area (Å²) in [5.74, 6) is -0.472. The first-order valence-corrected chi connectivity index (χ1v) is 9.73. The summed E-state index contributed by atoms with van der Waals surface area (Å²) in [6.45, 7) is 6.46. The van der Waals surface area contributed by atoms with Crippen LogP contribution in [-0.2, 0) is 10.2 Å². The summed E-state index contributed by atoms with van der Waals surface area (Å²) in [5.41, 5.74) is 0.732. The number of nitrogens with one attached hydrogen (secondary N) is 1. The fourth-order valence-electron chi connectivity index (χ4n) is 3.10. The molecule has 8 nitrogen and oxygen atoms in total. The molecular formula is C22H21FN4O4. The highest BCUT2D eigenvalue weighted by Gasteiger charge is 2.26. The maximum Gasteiger partial charge on any atom is 0.414 e. The Morgan fingerprint density at radius 3 is 2.65 bits per heavy atom. The lowest BCUT2D eigenvalue weighted by molar-refractivity contribution is 0.102. The lowest BCUT2D eigenvalue weighted by atomic mass is 9.96. The molecule has 0 atom stereocenters. The zero-order chi connectivity index (χ0) is 22.2. The SMILES string of the molecule is CC(C)(C)c1noc(-c2ccccc2C(=O)Nc2cc(N3CCOC3=O)ccc2F)n1. The number of cyclic esters (lactones) is 1. The minimum absolute atomic E-state index is 0.0575. The molecule has 0 aliphatic carbocycles. The zero-order valence-corrected chi connectivity index (χ0v) is 17.3. The number of halogens is 1. The molecule has 1 N–H and O–H groups in total. The molecule has 0 unspecified atom stereocenters. The second-order valence-corrected chi connectivity index (χ2v) is 8.10. The molecule has 1 aliphatic heterocycles. The van der Waals surface area contributed by atoms with Crippen LogP contribution in [0.1, 0.15) is 37.0 Å². The highest BCUT2D eigenvalue weighted by atomic mass is 19.1. The Morgan fingerprint density at radius 1 is 1.19 bits per heavy atom. The van der Waals surface area contributed by atoms with Gasteiger partial charge in [0.1, 0.15) is 12.4 Å². The number of rotatable bonds is 4. The van der Waals surface area contributed by atoms with Gasteiger partial charge < -0.3 is 14.6 Å². The monoisotopic (exact) mass is 424 g/mol. The normalized spacial score (nSPS) is 13.9. The number of anilines is 2. The molecule has 9 heteroatoms. The number of ether oxygens (including phenoxy) is 1. The largest absolute Gasteiger partial charge is 0.447 e. The van der Waals surface area contributed by atoms with Gasteiger partial charge in [-0.2, -0.15) is 4.98 Å². The highest BCUT2D eigenvalue weighted by Crippen LogP contribution is 2.29. The summed E-state index contributed by atoms with van der Waals surface area (Å²) >= 11 is 0. The van der Waals surface area contributed by atoms with Crippen molar-refractivity contribution in [2.45, 2.75) is 26.2 Å². The molecule has 0 saturated carbocycles. The Kier molecular flexibility index (Phi) is 5.18. The molecule has 1 saturated heterocycles. The Balaban J connectivity index is 1.63. The maximum atomic E-state index is 14.4. The van der Waals surface area contributed by atoms with Crippen molar-refractivity contribution < 1.29 is 23.2 Å². The Morgan fingerprint density at radius 2 is 1.97 bits per heavy atom. The summed E-state index contributed by atoms with van der Waals surface area (Å²) in [6.07, 6.45) is -0.514. The van der Waals surface area contributed by atoms with Crippen molar-refractivity contribution in [1.29, 1.82) is 0 Å². The maximum absolute atomic E-state index is 14.4. The first kappa shape index (κ1) is 20.5. The molecule has 3 aromatic rings. The first-order chi connectivity index (χ1) is 14.7. The second kappa shape index (κ2) is 7.82. The average Bonchev–Trinajstić information content (AvgIpc) is 3.39. The predicted molar refractivity (Wildman–Crippen MR) is 111 cm³/mol. The molecule has 1 fully saturated rings. The summed E-state index contributed by atoms with van der Waals surface area (Å²) in [4.78, 5) is 30.6. The van der Waals surface area contributed by atoms with Crippen molar-refractivity contribution in [3.8, 4) is 11.5 Å². The van der Waals surface area contributed by atoms with Crippen LogP contribution in [0.2, 0.25) is 0 Å². The van der Waals surface area contributed by atoms with Gasteiger partial charge in [-0.1, -0.05) is 38.1 Å². The first-order valence-electron chi connectivity index (χ1n) is 9.73. The van der Waals surface area contributed by atoms with E-state index in [1.165, 1.54) is 23.1 Å². The van der Waals surface area contributed by atoms with Gasteiger partial charge in [0.25, 0.3) is 11.8 Å². The van der Waals surface area contributed by atoms with Gasteiger partial charge in [0.15, 0.2) is 5.82 Å². The average molecular weight is 424 g/mol. The van der Waals surface area contributed by atoms with Crippen LogP contribution in [0.3, 0.4) is 0 Å². The predicted octanol–water partition coefficient (Wildman–Crippen LogP) is 4.38. The van der Waals surface area contributed by atoms with Gasteiger partial charge in [-0.05, 0) is 30.3 Å². The molecule has 0 spiro atoms. The van der Waals surface area contributed by atoms with Crippen LogP contribution >= 0.6 is 0 Å². The van der Waals surface area contributed by atoms with E-state index in [0.717, 1.165) is 0 Å². The van der Waals surface area contributed by atoms with Gasteiger partial charge in [-0.3, -0.25) is 9.69 Å². The van der Waals surface area contributed by atoms with Gasteiger partial charge in [-0.15, -0.1) is 0 Å². The van der Waals surface area contributed by atoms with Crippen LogP contribution in [0.15, 0.2) is 47.0 Å². The van der Waals surface area contributed by atoms with Crippen molar-refractivity contribution in [3.63, 3.8) is 0 Å². The summed E-state index contributed by atoms with van der Waals surface area (Å²) in [6, 6.07) is 10.7. The van der Waals surface area contributed by atoms with Crippen molar-refractivity contribution in [1.82, 2.24) is 10.1 Å². The van der Waals surface area contributed by atoms with E-state index in [4.69, 9.17) is 9.26 Å². The Hall–Kier alpha value is -3.75. The Bertz CT molecular complexity index is 1150. The quantitative estimate of drug-likeness (QED) is 0.667. The third-order valence-corrected chi connectivity index (χ3v) is 4.77. The number of amides is 2. The molecule has 0 radical (unpaired) electrons. The Labute approximate surface area is 178 Å². The number of nitrogens with zero attached hydrogens (tertiary/aromatic N) is 3. The molecule has 1 aliphatic rings. The van der Waals surface area contributed by atoms with Gasteiger partial charge >= 0.3 is 6.09 Å². The second-order valence-electron chi connectivity index (χ2n) is 8.10. The molecule has 2 aromatic carbocycles. The molecule has 0 bridgehead atoms. The van der Waals surface area contributed by atoms with Gasteiger partial charge in [-0.25, -0.2) is 9.18 Å². The summed E-state index contributed by atoms with van der Waals surface area (Å²) in [7, 11) is 0. The van der Waals surface area contributed by atoms with E-state index in [0.29, 0.717) is 23.6 Å². The smallest absolute Gasteiger partial charge is 0.414 e. The highest BCUT2D eigenvalue weighted by molar-refractivity contribution is 6.08. The van der Waals surface area contributed by atoms with Crippen LogP contribution in [0, 0.1) is 5.82 Å². The number of carbonyl (C=O) groups excluding carboxylic acids is 2. The lowest BCUT2D eigenvalue weighted by Gasteiger charge is -2.15.